The Kier molecular flexibility index (Phi) is 6.36. The molecule has 23 heavy (non-hydrogen) atoms. The summed E-state index contributed by atoms with van der Waals surface area (Å²) in [6, 6.07) is 20.0. The molecule has 0 spiro atoms. The third-order valence-corrected chi connectivity index (χ3v) is 4.12. The van der Waals surface area contributed by atoms with Crippen LogP contribution in [0.1, 0.15) is 37.3 Å². The maximum atomic E-state index is 12.3. The summed E-state index contributed by atoms with van der Waals surface area (Å²) in [4.78, 5) is 12.3. The van der Waals surface area contributed by atoms with Gasteiger partial charge < -0.3 is 11.1 Å². The van der Waals surface area contributed by atoms with E-state index >= 15 is 0 Å². The van der Waals surface area contributed by atoms with E-state index in [9.17, 15) is 4.79 Å². The molecule has 0 aliphatic carbocycles. The maximum Gasteiger partial charge on any atom is 0.244 e. The van der Waals surface area contributed by atoms with Crippen LogP contribution in [0.4, 0.5) is 0 Å². The van der Waals surface area contributed by atoms with Gasteiger partial charge in [0.15, 0.2) is 0 Å². The van der Waals surface area contributed by atoms with Gasteiger partial charge in [-0.1, -0.05) is 67.1 Å². The van der Waals surface area contributed by atoms with E-state index in [0.29, 0.717) is 6.54 Å². The summed E-state index contributed by atoms with van der Waals surface area (Å²) in [5.41, 5.74) is 7.41. The smallest absolute Gasteiger partial charge is 0.244 e. The van der Waals surface area contributed by atoms with Gasteiger partial charge in [0, 0.05) is 6.54 Å². The first-order valence-corrected chi connectivity index (χ1v) is 8.27. The first-order valence-electron chi connectivity index (χ1n) is 8.27. The van der Waals surface area contributed by atoms with Crippen molar-refractivity contribution in [3.8, 4) is 0 Å². The van der Waals surface area contributed by atoms with Crippen molar-refractivity contribution in [2.24, 2.45) is 5.73 Å². The van der Waals surface area contributed by atoms with Crippen LogP contribution in [0.3, 0.4) is 0 Å². The van der Waals surface area contributed by atoms with Crippen LogP contribution in [0.2, 0.25) is 0 Å². The molecule has 0 fully saturated rings. The average molecular weight is 310 g/mol. The molecule has 2 rings (SSSR count). The summed E-state index contributed by atoms with van der Waals surface area (Å²) in [5, 5.41) is 2.96. The van der Waals surface area contributed by atoms with Crippen molar-refractivity contribution in [2.45, 2.75) is 38.1 Å². The van der Waals surface area contributed by atoms with E-state index in [-0.39, 0.29) is 5.91 Å². The lowest BCUT2D eigenvalue weighted by molar-refractivity contribution is -0.126. The number of nitrogens with two attached hydrogens (primary N) is 1. The number of hydrogen-bond donors (Lipinski definition) is 2. The molecule has 2 aromatic rings. The van der Waals surface area contributed by atoms with Crippen LogP contribution in [0, 0.1) is 0 Å². The molecule has 3 nitrogen and oxygen atoms in total. The van der Waals surface area contributed by atoms with Gasteiger partial charge >= 0.3 is 0 Å². The topological polar surface area (TPSA) is 55.1 Å². The molecule has 1 atom stereocenters. The highest BCUT2D eigenvalue weighted by Crippen LogP contribution is 2.17. The fraction of sp³-hybridized carbons (Fsp3) is 0.350. The SMILES string of the molecule is CC(N)(C(=O)NCCCCCc1ccccc1)c1ccccc1. The van der Waals surface area contributed by atoms with Crippen molar-refractivity contribution in [1.29, 1.82) is 0 Å². The predicted octanol–water partition coefficient (Wildman–Crippen LogP) is 3.39. The number of nitrogens with one attached hydrogen (secondary N) is 1. The number of rotatable bonds is 8. The highest BCUT2D eigenvalue weighted by Gasteiger charge is 2.29. The Morgan fingerprint density at radius 2 is 1.57 bits per heavy atom. The number of hydrogen-bond acceptors (Lipinski definition) is 2. The Morgan fingerprint density at radius 1 is 0.957 bits per heavy atom. The van der Waals surface area contributed by atoms with Gasteiger partial charge in [-0.15, -0.1) is 0 Å². The van der Waals surface area contributed by atoms with Crippen molar-refractivity contribution in [1.82, 2.24) is 5.32 Å². The second-order valence-corrected chi connectivity index (χ2v) is 6.12. The normalized spacial score (nSPS) is 13.3. The predicted molar refractivity (Wildman–Crippen MR) is 95.0 cm³/mol. The molecule has 3 heteroatoms. The fourth-order valence-corrected chi connectivity index (χ4v) is 2.58. The van der Waals surface area contributed by atoms with E-state index < -0.39 is 5.54 Å². The molecule has 0 bridgehead atoms. The minimum atomic E-state index is -0.981. The molecular formula is C20H26N2O. The third kappa shape index (κ3) is 5.22. The number of unbranched alkanes of at least 4 members (excludes halogenated alkanes) is 2. The highest BCUT2D eigenvalue weighted by atomic mass is 16.2. The molecule has 1 amide bonds. The molecular weight excluding hydrogens is 284 g/mol. The summed E-state index contributed by atoms with van der Waals surface area (Å²) in [5.74, 6) is -0.119. The first-order chi connectivity index (χ1) is 11.1. The van der Waals surface area contributed by atoms with E-state index in [1.807, 2.05) is 36.4 Å². The Labute approximate surface area is 138 Å². The lowest BCUT2D eigenvalue weighted by Gasteiger charge is -2.24. The lowest BCUT2D eigenvalue weighted by atomic mass is 9.92. The molecule has 2 aromatic carbocycles. The van der Waals surface area contributed by atoms with Gasteiger partial charge in [-0.3, -0.25) is 4.79 Å². The van der Waals surface area contributed by atoms with Gasteiger partial charge in [0.1, 0.15) is 5.54 Å². The zero-order valence-corrected chi connectivity index (χ0v) is 13.8. The number of aryl methyl sites for hydroxylation is 1. The van der Waals surface area contributed by atoms with Gasteiger partial charge in [0.2, 0.25) is 5.91 Å². The van der Waals surface area contributed by atoms with E-state index in [1.54, 1.807) is 6.92 Å². The average Bonchev–Trinajstić information content (AvgIpc) is 2.59. The quantitative estimate of drug-likeness (QED) is 0.734. The molecule has 3 N–H and O–H groups in total. The summed E-state index contributed by atoms with van der Waals surface area (Å²) in [7, 11) is 0. The van der Waals surface area contributed by atoms with Crippen molar-refractivity contribution in [3.05, 3.63) is 71.8 Å². The largest absolute Gasteiger partial charge is 0.354 e. The van der Waals surface area contributed by atoms with Crippen molar-refractivity contribution >= 4 is 5.91 Å². The standard InChI is InChI=1S/C20H26N2O/c1-20(21,18-14-8-3-9-15-18)19(23)22-16-10-4-7-13-17-11-5-2-6-12-17/h2-3,5-6,8-9,11-12,14-15H,4,7,10,13,16,21H2,1H3,(H,22,23). The van der Waals surface area contributed by atoms with E-state index in [1.165, 1.54) is 5.56 Å². The van der Waals surface area contributed by atoms with Crippen LogP contribution >= 0.6 is 0 Å². The van der Waals surface area contributed by atoms with Gasteiger partial charge in [0.25, 0.3) is 0 Å². The van der Waals surface area contributed by atoms with Gasteiger partial charge in [-0.05, 0) is 37.3 Å². The molecule has 1 unspecified atom stereocenters. The van der Waals surface area contributed by atoms with Crippen molar-refractivity contribution in [2.75, 3.05) is 6.54 Å². The van der Waals surface area contributed by atoms with E-state index in [2.05, 4.69) is 29.6 Å². The van der Waals surface area contributed by atoms with Gasteiger partial charge in [-0.25, -0.2) is 0 Å². The number of carbonyl (C=O) groups excluding carboxylic acids is 1. The molecule has 0 saturated heterocycles. The fourth-order valence-electron chi connectivity index (χ4n) is 2.58. The lowest BCUT2D eigenvalue weighted by Crippen LogP contribution is -2.49. The molecule has 0 radical (unpaired) electrons. The Bertz CT molecular complexity index is 594. The van der Waals surface area contributed by atoms with Crippen molar-refractivity contribution < 1.29 is 4.79 Å². The number of benzene rings is 2. The summed E-state index contributed by atoms with van der Waals surface area (Å²) in [6.07, 6.45) is 4.30. The zero-order chi connectivity index (χ0) is 16.5. The Hall–Kier alpha value is -2.13. The van der Waals surface area contributed by atoms with Crippen LogP contribution in [-0.4, -0.2) is 12.5 Å². The van der Waals surface area contributed by atoms with Crippen LogP contribution in [0.15, 0.2) is 60.7 Å². The second-order valence-electron chi connectivity index (χ2n) is 6.12. The highest BCUT2D eigenvalue weighted by molar-refractivity contribution is 5.86. The second kappa shape index (κ2) is 8.49. The molecule has 0 aromatic heterocycles. The van der Waals surface area contributed by atoms with Crippen LogP contribution < -0.4 is 11.1 Å². The Morgan fingerprint density at radius 3 is 2.22 bits per heavy atom. The summed E-state index contributed by atoms with van der Waals surface area (Å²) < 4.78 is 0. The molecule has 0 aliphatic heterocycles. The Balaban J connectivity index is 1.67. The molecule has 122 valence electrons. The monoisotopic (exact) mass is 310 g/mol. The van der Waals surface area contributed by atoms with Gasteiger partial charge in [-0.2, -0.15) is 0 Å². The summed E-state index contributed by atoms with van der Waals surface area (Å²) >= 11 is 0. The van der Waals surface area contributed by atoms with E-state index in [0.717, 1.165) is 31.2 Å². The number of carbonyl (C=O) groups is 1. The molecule has 0 saturated carbocycles. The minimum Gasteiger partial charge on any atom is -0.354 e. The first kappa shape index (κ1) is 17.2. The molecule has 0 heterocycles. The zero-order valence-electron chi connectivity index (χ0n) is 13.8. The van der Waals surface area contributed by atoms with Crippen LogP contribution in [0.5, 0.6) is 0 Å². The van der Waals surface area contributed by atoms with Crippen LogP contribution in [-0.2, 0) is 16.8 Å². The number of amides is 1. The van der Waals surface area contributed by atoms with Crippen molar-refractivity contribution in [3.63, 3.8) is 0 Å². The molecule has 0 aliphatic rings. The maximum absolute atomic E-state index is 12.3. The minimum absolute atomic E-state index is 0.119. The van der Waals surface area contributed by atoms with E-state index in [4.69, 9.17) is 5.73 Å². The summed E-state index contributed by atoms with van der Waals surface area (Å²) in [6.45, 7) is 2.43. The van der Waals surface area contributed by atoms with Crippen LogP contribution in [0.25, 0.3) is 0 Å². The van der Waals surface area contributed by atoms with Gasteiger partial charge in [0.05, 0.1) is 0 Å². The third-order valence-electron chi connectivity index (χ3n) is 4.12.